The van der Waals surface area contributed by atoms with Gasteiger partial charge in [0.1, 0.15) is 17.5 Å². The van der Waals surface area contributed by atoms with E-state index >= 15 is 0 Å². The van der Waals surface area contributed by atoms with Crippen molar-refractivity contribution >= 4 is 5.82 Å². The van der Waals surface area contributed by atoms with Gasteiger partial charge in [0.05, 0.1) is 0 Å². The minimum Gasteiger partial charge on any atom is -0.368 e. The lowest BCUT2D eigenvalue weighted by Crippen LogP contribution is -2.11. The first-order valence-corrected chi connectivity index (χ1v) is 5.94. The van der Waals surface area contributed by atoms with Gasteiger partial charge in [-0.15, -0.1) is 10.2 Å². The molecule has 1 N–H and O–H groups in total. The van der Waals surface area contributed by atoms with Gasteiger partial charge in [0, 0.05) is 12.6 Å². The van der Waals surface area contributed by atoms with Crippen LogP contribution < -0.4 is 5.32 Å². The number of hydrogen-bond donors (Lipinski definition) is 1. The second-order valence-electron chi connectivity index (χ2n) is 4.26. The summed E-state index contributed by atoms with van der Waals surface area (Å²) in [7, 11) is 0. The van der Waals surface area contributed by atoms with Gasteiger partial charge in [0.2, 0.25) is 0 Å². The minimum absolute atomic E-state index is 0.153. The monoisotopic (exact) mass is 303 g/mol. The zero-order chi connectivity index (χ0) is 15.5. The zero-order valence-electron chi connectivity index (χ0n) is 10.6. The zero-order valence-corrected chi connectivity index (χ0v) is 10.6. The molecular weight excluding hydrogens is 293 g/mol. The van der Waals surface area contributed by atoms with E-state index in [9.17, 15) is 22.0 Å². The normalized spacial score (nSPS) is 11.5. The van der Waals surface area contributed by atoms with Crippen molar-refractivity contribution in [2.24, 2.45) is 0 Å². The number of nitrogens with zero attached hydrogens (tertiary/aromatic N) is 2. The van der Waals surface area contributed by atoms with Crippen LogP contribution in [0.5, 0.6) is 0 Å². The highest BCUT2D eigenvalue weighted by atomic mass is 19.4. The highest BCUT2D eigenvalue weighted by molar-refractivity contribution is 5.33. The number of hydrogen-bond acceptors (Lipinski definition) is 3. The van der Waals surface area contributed by atoms with Crippen LogP contribution in [0, 0.1) is 11.6 Å². The van der Waals surface area contributed by atoms with Crippen LogP contribution in [0.1, 0.15) is 11.3 Å². The molecule has 0 aliphatic carbocycles. The smallest absolute Gasteiger partial charge is 0.368 e. The maximum Gasteiger partial charge on any atom is 0.435 e. The lowest BCUT2D eigenvalue weighted by atomic mass is 10.1. The largest absolute Gasteiger partial charge is 0.435 e. The van der Waals surface area contributed by atoms with Crippen molar-refractivity contribution in [2.45, 2.75) is 12.6 Å². The molecule has 21 heavy (non-hydrogen) atoms. The van der Waals surface area contributed by atoms with Gasteiger partial charge < -0.3 is 5.32 Å². The maximum absolute atomic E-state index is 12.9. The van der Waals surface area contributed by atoms with Crippen LogP contribution in [0.2, 0.25) is 0 Å². The molecule has 2 aromatic rings. The highest BCUT2D eigenvalue weighted by Gasteiger charge is 2.32. The summed E-state index contributed by atoms with van der Waals surface area (Å²) in [5.41, 5.74) is -0.653. The molecule has 0 amide bonds. The average molecular weight is 303 g/mol. The third-order valence-corrected chi connectivity index (χ3v) is 2.60. The molecule has 8 heteroatoms. The van der Waals surface area contributed by atoms with E-state index in [-0.39, 0.29) is 18.8 Å². The van der Waals surface area contributed by atoms with Crippen molar-refractivity contribution in [3.8, 4) is 0 Å². The molecule has 0 aliphatic heterocycles. The summed E-state index contributed by atoms with van der Waals surface area (Å²) in [6.45, 7) is 0.253. The van der Waals surface area contributed by atoms with Crippen molar-refractivity contribution in [1.82, 2.24) is 10.2 Å². The van der Waals surface area contributed by atoms with Crippen molar-refractivity contribution in [1.29, 1.82) is 0 Å². The molecule has 0 radical (unpaired) electrons. The molecule has 3 nitrogen and oxygen atoms in total. The number of nitrogens with one attached hydrogen (secondary N) is 1. The SMILES string of the molecule is Fc1cc(F)cc(CCNc2ccc(C(F)(F)F)nn2)c1. The lowest BCUT2D eigenvalue weighted by molar-refractivity contribution is -0.141. The summed E-state index contributed by atoms with van der Waals surface area (Å²) in [6.07, 6.45) is -4.25. The number of halogens is 5. The predicted octanol–water partition coefficient (Wildman–Crippen LogP) is 3.43. The van der Waals surface area contributed by atoms with Crippen LogP contribution >= 0.6 is 0 Å². The third-order valence-electron chi connectivity index (χ3n) is 2.60. The van der Waals surface area contributed by atoms with E-state index in [0.29, 0.717) is 5.56 Å². The summed E-state index contributed by atoms with van der Waals surface area (Å²) < 4.78 is 62.7. The molecule has 0 bridgehead atoms. The second kappa shape index (κ2) is 6.02. The summed E-state index contributed by atoms with van der Waals surface area (Å²) in [6, 6.07) is 5.07. The maximum atomic E-state index is 12.9. The van der Waals surface area contributed by atoms with E-state index in [1.807, 2.05) is 0 Å². The molecule has 1 heterocycles. The number of alkyl halides is 3. The summed E-state index contributed by atoms with van der Waals surface area (Å²) in [5.74, 6) is -1.21. The van der Waals surface area contributed by atoms with Crippen molar-refractivity contribution < 1.29 is 22.0 Å². The van der Waals surface area contributed by atoms with Crippen LogP contribution in [0.3, 0.4) is 0 Å². The van der Waals surface area contributed by atoms with Gasteiger partial charge in [0.15, 0.2) is 5.69 Å². The summed E-state index contributed by atoms with van der Waals surface area (Å²) in [5, 5.41) is 9.15. The van der Waals surface area contributed by atoms with Crippen molar-refractivity contribution in [2.75, 3.05) is 11.9 Å². The van der Waals surface area contributed by atoms with E-state index in [4.69, 9.17) is 0 Å². The molecule has 0 spiro atoms. The topological polar surface area (TPSA) is 37.8 Å². The van der Waals surface area contributed by atoms with Gasteiger partial charge in [-0.3, -0.25) is 0 Å². The van der Waals surface area contributed by atoms with Crippen molar-refractivity contribution in [3.63, 3.8) is 0 Å². The van der Waals surface area contributed by atoms with E-state index in [1.165, 1.54) is 12.1 Å². The standard InChI is InChI=1S/C13H10F5N3/c14-9-5-8(6-10(15)7-9)3-4-19-12-2-1-11(20-21-12)13(16,17)18/h1-2,5-7H,3-4H2,(H,19,21). The fourth-order valence-corrected chi connectivity index (χ4v) is 1.67. The van der Waals surface area contributed by atoms with Crippen LogP contribution in [0.15, 0.2) is 30.3 Å². The Balaban J connectivity index is 1.91. The van der Waals surface area contributed by atoms with Gasteiger partial charge in [-0.1, -0.05) is 0 Å². The van der Waals surface area contributed by atoms with Crippen LogP contribution in [-0.4, -0.2) is 16.7 Å². The van der Waals surface area contributed by atoms with Crippen LogP contribution in [-0.2, 0) is 12.6 Å². The van der Waals surface area contributed by atoms with Gasteiger partial charge in [-0.05, 0) is 36.2 Å². The van der Waals surface area contributed by atoms with E-state index in [2.05, 4.69) is 15.5 Å². The Hall–Kier alpha value is -2.25. The van der Waals surface area contributed by atoms with E-state index in [1.54, 1.807) is 0 Å². The average Bonchev–Trinajstić information content (AvgIpc) is 2.37. The fourth-order valence-electron chi connectivity index (χ4n) is 1.67. The molecule has 112 valence electrons. The van der Waals surface area contributed by atoms with Crippen molar-refractivity contribution in [3.05, 3.63) is 53.2 Å². The lowest BCUT2D eigenvalue weighted by Gasteiger charge is -2.07. The molecule has 2 rings (SSSR count). The Morgan fingerprint density at radius 1 is 0.952 bits per heavy atom. The van der Waals surface area contributed by atoms with Crippen LogP contribution in [0.25, 0.3) is 0 Å². The number of anilines is 1. The van der Waals surface area contributed by atoms with Crippen LogP contribution in [0.4, 0.5) is 27.8 Å². The summed E-state index contributed by atoms with van der Waals surface area (Å²) >= 11 is 0. The summed E-state index contributed by atoms with van der Waals surface area (Å²) in [4.78, 5) is 0. The Morgan fingerprint density at radius 3 is 2.14 bits per heavy atom. The number of benzene rings is 1. The quantitative estimate of drug-likeness (QED) is 0.879. The molecule has 1 aromatic carbocycles. The number of aromatic nitrogens is 2. The molecule has 0 saturated carbocycles. The van der Waals surface area contributed by atoms with Gasteiger partial charge in [0.25, 0.3) is 0 Å². The molecule has 0 aliphatic rings. The molecule has 0 saturated heterocycles. The third kappa shape index (κ3) is 4.37. The van der Waals surface area contributed by atoms with Gasteiger partial charge in [-0.25, -0.2) is 8.78 Å². The molecule has 0 unspecified atom stereocenters. The van der Waals surface area contributed by atoms with Gasteiger partial charge in [-0.2, -0.15) is 13.2 Å². The first-order valence-electron chi connectivity index (χ1n) is 5.94. The Morgan fingerprint density at radius 2 is 1.62 bits per heavy atom. The first-order chi connectivity index (χ1) is 9.84. The van der Waals surface area contributed by atoms with E-state index in [0.717, 1.165) is 18.2 Å². The first kappa shape index (κ1) is 15.1. The molecule has 0 fully saturated rings. The van der Waals surface area contributed by atoms with Gasteiger partial charge >= 0.3 is 6.18 Å². The second-order valence-corrected chi connectivity index (χ2v) is 4.26. The Labute approximate surface area is 116 Å². The minimum atomic E-state index is -4.54. The highest BCUT2D eigenvalue weighted by Crippen LogP contribution is 2.27. The van der Waals surface area contributed by atoms with E-state index < -0.39 is 23.5 Å². The predicted molar refractivity (Wildman–Crippen MR) is 65.6 cm³/mol. The Kier molecular flexibility index (Phi) is 4.35. The fraction of sp³-hybridized carbons (Fsp3) is 0.231. The Bertz CT molecular complexity index is 590. The number of rotatable bonds is 4. The molecular formula is C13H10F5N3. The molecule has 1 aromatic heterocycles. The molecule has 0 atom stereocenters.